The van der Waals surface area contributed by atoms with Gasteiger partial charge in [-0.3, -0.25) is 19.3 Å². The lowest BCUT2D eigenvalue weighted by atomic mass is 9.96. The second-order valence-electron chi connectivity index (χ2n) is 7.52. The molecule has 30 heavy (non-hydrogen) atoms. The number of piperidine rings is 1. The minimum atomic E-state index is -0.204. The van der Waals surface area contributed by atoms with Crippen molar-refractivity contribution in [2.75, 3.05) is 6.54 Å². The van der Waals surface area contributed by atoms with E-state index < -0.39 is 0 Å². The van der Waals surface area contributed by atoms with E-state index in [1.54, 1.807) is 17.3 Å². The zero-order valence-corrected chi connectivity index (χ0v) is 16.8. The van der Waals surface area contributed by atoms with Crippen LogP contribution >= 0.6 is 0 Å². The molecule has 3 heterocycles. The average Bonchev–Trinajstić information content (AvgIpc) is 3.28. The van der Waals surface area contributed by atoms with Gasteiger partial charge in [-0.15, -0.1) is 0 Å². The number of pyridine rings is 1. The van der Waals surface area contributed by atoms with Crippen molar-refractivity contribution in [2.45, 2.75) is 32.5 Å². The summed E-state index contributed by atoms with van der Waals surface area (Å²) in [6, 6.07) is 15.6. The fourth-order valence-corrected chi connectivity index (χ4v) is 3.75. The van der Waals surface area contributed by atoms with Crippen molar-refractivity contribution in [2.24, 2.45) is 5.92 Å². The Labute approximate surface area is 175 Å². The van der Waals surface area contributed by atoms with Crippen LogP contribution in [0.25, 0.3) is 0 Å². The van der Waals surface area contributed by atoms with Gasteiger partial charge in [0.2, 0.25) is 11.8 Å². The summed E-state index contributed by atoms with van der Waals surface area (Å²) in [7, 11) is 0. The van der Waals surface area contributed by atoms with Crippen LogP contribution in [0, 0.1) is 5.92 Å². The summed E-state index contributed by atoms with van der Waals surface area (Å²) in [5.74, 6) is -0.138. The Kier molecular flexibility index (Phi) is 6.17. The monoisotopic (exact) mass is 403 g/mol. The highest BCUT2D eigenvalue weighted by molar-refractivity contribution is 5.83. The molecular formula is C23H25N5O2. The van der Waals surface area contributed by atoms with E-state index in [4.69, 9.17) is 0 Å². The van der Waals surface area contributed by atoms with Gasteiger partial charge in [0.25, 0.3) is 0 Å². The second-order valence-corrected chi connectivity index (χ2v) is 7.52. The molecule has 1 aliphatic heterocycles. The molecule has 1 saturated heterocycles. The van der Waals surface area contributed by atoms with Gasteiger partial charge in [-0.1, -0.05) is 30.3 Å². The standard InChI is InChI=1S/C23H25N5O2/c29-22-10-9-20(15-27(22)17-21-8-3-4-11-24-21)23(30)25-14-18-6-1-2-7-19(18)16-28-13-5-12-26-28/h1-8,11-13,20H,9-10,14-17H2,(H,25,30). The lowest BCUT2D eigenvalue weighted by Gasteiger charge is -2.31. The van der Waals surface area contributed by atoms with Crippen LogP contribution in [0.3, 0.4) is 0 Å². The predicted molar refractivity (Wildman–Crippen MR) is 112 cm³/mol. The fourth-order valence-electron chi connectivity index (χ4n) is 3.75. The van der Waals surface area contributed by atoms with Crippen molar-refractivity contribution >= 4 is 11.8 Å². The van der Waals surface area contributed by atoms with Crippen LogP contribution in [0.4, 0.5) is 0 Å². The Balaban J connectivity index is 1.35. The van der Waals surface area contributed by atoms with Crippen LogP contribution in [0.2, 0.25) is 0 Å². The molecule has 1 N–H and O–H groups in total. The molecule has 154 valence electrons. The summed E-state index contributed by atoms with van der Waals surface area (Å²) < 4.78 is 1.86. The highest BCUT2D eigenvalue weighted by Crippen LogP contribution is 2.20. The van der Waals surface area contributed by atoms with E-state index in [2.05, 4.69) is 21.5 Å². The summed E-state index contributed by atoms with van der Waals surface area (Å²) in [6.45, 7) is 1.99. The van der Waals surface area contributed by atoms with Gasteiger partial charge in [0.1, 0.15) is 0 Å². The molecule has 2 amide bonds. The van der Waals surface area contributed by atoms with Crippen LogP contribution < -0.4 is 5.32 Å². The Morgan fingerprint density at radius 2 is 1.87 bits per heavy atom. The molecule has 7 heteroatoms. The molecule has 0 spiro atoms. The Hall–Kier alpha value is -3.48. The topological polar surface area (TPSA) is 80.1 Å². The van der Waals surface area contributed by atoms with E-state index in [9.17, 15) is 9.59 Å². The van der Waals surface area contributed by atoms with E-state index in [-0.39, 0.29) is 17.7 Å². The molecule has 1 fully saturated rings. The first-order valence-electron chi connectivity index (χ1n) is 10.2. The number of aromatic nitrogens is 3. The molecule has 1 unspecified atom stereocenters. The lowest BCUT2D eigenvalue weighted by Crippen LogP contribution is -2.45. The van der Waals surface area contributed by atoms with E-state index in [0.717, 1.165) is 16.8 Å². The van der Waals surface area contributed by atoms with Crippen LogP contribution in [-0.4, -0.2) is 38.0 Å². The number of benzene rings is 1. The van der Waals surface area contributed by atoms with E-state index >= 15 is 0 Å². The molecule has 0 bridgehead atoms. The molecule has 0 saturated carbocycles. The highest BCUT2D eigenvalue weighted by Gasteiger charge is 2.30. The number of nitrogens with zero attached hydrogens (tertiary/aromatic N) is 4. The van der Waals surface area contributed by atoms with Crippen LogP contribution in [-0.2, 0) is 29.2 Å². The van der Waals surface area contributed by atoms with Gasteiger partial charge in [-0.2, -0.15) is 5.10 Å². The SMILES string of the molecule is O=C(NCc1ccccc1Cn1cccn1)C1CCC(=O)N(Cc2ccccn2)C1. The van der Waals surface area contributed by atoms with Crippen LogP contribution in [0.5, 0.6) is 0 Å². The molecule has 0 radical (unpaired) electrons. The minimum Gasteiger partial charge on any atom is -0.352 e. The molecule has 2 aromatic heterocycles. The summed E-state index contributed by atoms with van der Waals surface area (Å²) in [5, 5.41) is 7.32. The summed E-state index contributed by atoms with van der Waals surface area (Å²) >= 11 is 0. The van der Waals surface area contributed by atoms with Gasteiger partial charge in [-0.05, 0) is 35.7 Å². The molecule has 1 atom stereocenters. The maximum absolute atomic E-state index is 12.8. The predicted octanol–water partition coefficient (Wildman–Crippen LogP) is 2.38. The molecule has 7 nitrogen and oxygen atoms in total. The number of amides is 2. The molecule has 1 aromatic carbocycles. The molecule has 0 aliphatic carbocycles. The first kappa shape index (κ1) is 19.8. The van der Waals surface area contributed by atoms with Crippen molar-refractivity contribution in [1.82, 2.24) is 25.0 Å². The molecule has 3 aromatic rings. The zero-order chi connectivity index (χ0) is 20.8. The van der Waals surface area contributed by atoms with Crippen molar-refractivity contribution in [3.05, 3.63) is 83.9 Å². The third-order valence-corrected chi connectivity index (χ3v) is 5.41. The number of carbonyl (C=O) groups excluding carboxylic acids is 2. The Morgan fingerprint density at radius 1 is 1.03 bits per heavy atom. The summed E-state index contributed by atoms with van der Waals surface area (Å²) in [6.07, 6.45) is 6.36. The molecule has 1 aliphatic rings. The van der Waals surface area contributed by atoms with Gasteiger partial charge in [0.05, 0.1) is 24.7 Å². The first-order chi connectivity index (χ1) is 14.7. The minimum absolute atomic E-state index is 0.0117. The Morgan fingerprint density at radius 3 is 2.63 bits per heavy atom. The van der Waals surface area contributed by atoms with Crippen molar-refractivity contribution in [3.8, 4) is 0 Å². The van der Waals surface area contributed by atoms with Crippen molar-refractivity contribution in [3.63, 3.8) is 0 Å². The number of nitrogens with one attached hydrogen (secondary N) is 1. The number of hydrogen-bond acceptors (Lipinski definition) is 4. The third kappa shape index (κ3) is 4.92. The van der Waals surface area contributed by atoms with Gasteiger partial charge in [0.15, 0.2) is 0 Å². The molecule has 4 rings (SSSR count). The maximum Gasteiger partial charge on any atom is 0.225 e. The van der Waals surface area contributed by atoms with E-state index in [0.29, 0.717) is 39.0 Å². The summed E-state index contributed by atoms with van der Waals surface area (Å²) in [5.41, 5.74) is 3.02. The normalized spacial score (nSPS) is 16.5. The number of rotatable bonds is 7. The smallest absolute Gasteiger partial charge is 0.225 e. The number of likely N-dealkylation sites (tertiary alicyclic amines) is 1. The van der Waals surface area contributed by atoms with Gasteiger partial charge in [0, 0.05) is 38.1 Å². The number of carbonyl (C=O) groups is 2. The van der Waals surface area contributed by atoms with Gasteiger partial charge in [-0.25, -0.2) is 0 Å². The molecular weight excluding hydrogens is 378 g/mol. The van der Waals surface area contributed by atoms with E-state index in [1.807, 2.05) is 53.3 Å². The van der Waals surface area contributed by atoms with Crippen molar-refractivity contribution in [1.29, 1.82) is 0 Å². The first-order valence-corrected chi connectivity index (χ1v) is 10.2. The van der Waals surface area contributed by atoms with Crippen molar-refractivity contribution < 1.29 is 9.59 Å². The largest absolute Gasteiger partial charge is 0.352 e. The highest BCUT2D eigenvalue weighted by atomic mass is 16.2. The Bertz CT molecular complexity index is 988. The maximum atomic E-state index is 12.8. The third-order valence-electron chi connectivity index (χ3n) is 5.41. The number of hydrogen-bond donors (Lipinski definition) is 1. The average molecular weight is 403 g/mol. The second kappa shape index (κ2) is 9.35. The fraction of sp³-hybridized carbons (Fsp3) is 0.304. The summed E-state index contributed by atoms with van der Waals surface area (Å²) in [4.78, 5) is 31.2. The lowest BCUT2D eigenvalue weighted by molar-refractivity contribution is -0.139. The van der Waals surface area contributed by atoms with Crippen LogP contribution in [0.1, 0.15) is 29.7 Å². The van der Waals surface area contributed by atoms with Gasteiger partial charge < -0.3 is 10.2 Å². The van der Waals surface area contributed by atoms with Gasteiger partial charge >= 0.3 is 0 Å². The van der Waals surface area contributed by atoms with Crippen LogP contribution in [0.15, 0.2) is 67.1 Å². The zero-order valence-electron chi connectivity index (χ0n) is 16.8. The quantitative estimate of drug-likeness (QED) is 0.657. The van der Waals surface area contributed by atoms with E-state index in [1.165, 1.54) is 0 Å².